The molecule has 1 aliphatic heterocycles. The first kappa shape index (κ1) is 12.8. The molecule has 0 spiro atoms. The SMILES string of the molecule is NC(=O)CN(CC(=O)O)C(=O)C1CCSC1. The van der Waals surface area contributed by atoms with Crippen LogP contribution in [0, 0.1) is 5.92 Å². The van der Waals surface area contributed by atoms with Crippen LogP contribution in [0.5, 0.6) is 0 Å². The Morgan fingerprint density at radius 3 is 2.50 bits per heavy atom. The van der Waals surface area contributed by atoms with Crippen molar-refractivity contribution in [1.82, 2.24) is 4.90 Å². The molecular formula is C9H14N2O4S. The molecule has 1 unspecified atom stereocenters. The van der Waals surface area contributed by atoms with Crippen LogP contribution in [0.2, 0.25) is 0 Å². The van der Waals surface area contributed by atoms with Crippen LogP contribution in [-0.4, -0.2) is 52.4 Å². The van der Waals surface area contributed by atoms with Crippen molar-refractivity contribution in [2.24, 2.45) is 11.7 Å². The number of carboxylic acids is 1. The molecule has 2 amide bonds. The van der Waals surface area contributed by atoms with Crippen molar-refractivity contribution < 1.29 is 19.5 Å². The Kier molecular flexibility index (Phi) is 4.60. The van der Waals surface area contributed by atoms with Gasteiger partial charge in [0, 0.05) is 11.7 Å². The zero-order valence-corrected chi connectivity index (χ0v) is 9.53. The lowest BCUT2D eigenvalue weighted by Gasteiger charge is -2.21. The third-order valence-electron chi connectivity index (χ3n) is 2.26. The highest BCUT2D eigenvalue weighted by atomic mass is 32.2. The Morgan fingerprint density at radius 2 is 2.06 bits per heavy atom. The van der Waals surface area contributed by atoms with Gasteiger partial charge in [0.25, 0.3) is 0 Å². The molecule has 0 aromatic heterocycles. The van der Waals surface area contributed by atoms with E-state index in [1.165, 1.54) is 0 Å². The van der Waals surface area contributed by atoms with Gasteiger partial charge in [-0.05, 0) is 12.2 Å². The van der Waals surface area contributed by atoms with Gasteiger partial charge in [0.15, 0.2) is 0 Å². The van der Waals surface area contributed by atoms with Crippen molar-refractivity contribution in [1.29, 1.82) is 0 Å². The molecule has 0 aromatic rings. The van der Waals surface area contributed by atoms with Crippen LogP contribution in [-0.2, 0) is 14.4 Å². The van der Waals surface area contributed by atoms with Gasteiger partial charge in [-0.3, -0.25) is 14.4 Å². The maximum Gasteiger partial charge on any atom is 0.323 e. The van der Waals surface area contributed by atoms with E-state index in [4.69, 9.17) is 10.8 Å². The third-order valence-corrected chi connectivity index (χ3v) is 3.43. The summed E-state index contributed by atoms with van der Waals surface area (Å²) in [5, 5.41) is 8.64. The summed E-state index contributed by atoms with van der Waals surface area (Å²) in [7, 11) is 0. The fourth-order valence-corrected chi connectivity index (χ4v) is 2.76. The largest absolute Gasteiger partial charge is 0.480 e. The predicted molar refractivity (Wildman–Crippen MR) is 58.8 cm³/mol. The molecule has 1 aliphatic rings. The molecule has 3 N–H and O–H groups in total. The monoisotopic (exact) mass is 246 g/mol. The minimum atomic E-state index is -1.14. The van der Waals surface area contributed by atoms with E-state index < -0.39 is 18.4 Å². The summed E-state index contributed by atoms with van der Waals surface area (Å²) in [6, 6.07) is 0. The molecule has 1 heterocycles. The first-order valence-corrected chi connectivity index (χ1v) is 6.03. The molecule has 7 heteroatoms. The average molecular weight is 246 g/mol. The van der Waals surface area contributed by atoms with Crippen LogP contribution < -0.4 is 5.73 Å². The molecule has 90 valence electrons. The van der Waals surface area contributed by atoms with E-state index in [0.29, 0.717) is 5.75 Å². The Balaban J connectivity index is 2.62. The van der Waals surface area contributed by atoms with E-state index >= 15 is 0 Å². The van der Waals surface area contributed by atoms with Gasteiger partial charge in [-0.1, -0.05) is 0 Å². The van der Waals surface area contributed by atoms with Crippen molar-refractivity contribution in [2.75, 3.05) is 24.6 Å². The van der Waals surface area contributed by atoms with E-state index in [9.17, 15) is 14.4 Å². The Bertz CT molecular complexity index is 286. The van der Waals surface area contributed by atoms with E-state index in [2.05, 4.69) is 0 Å². The van der Waals surface area contributed by atoms with Crippen LogP contribution in [0.3, 0.4) is 0 Å². The summed E-state index contributed by atoms with van der Waals surface area (Å²) < 4.78 is 0. The third kappa shape index (κ3) is 3.73. The summed E-state index contributed by atoms with van der Waals surface area (Å²) in [6.45, 7) is -0.796. The number of carbonyl (C=O) groups excluding carboxylic acids is 2. The number of thioether (sulfide) groups is 1. The van der Waals surface area contributed by atoms with Gasteiger partial charge in [-0.2, -0.15) is 11.8 Å². The van der Waals surface area contributed by atoms with Gasteiger partial charge in [-0.25, -0.2) is 0 Å². The number of carbonyl (C=O) groups is 3. The van der Waals surface area contributed by atoms with Crippen LogP contribution in [0.4, 0.5) is 0 Å². The molecule has 1 rings (SSSR count). The van der Waals surface area contributed by atoms with Crippen LogP contribution in [0.1, 0.15) is 6.42 Å². The first-order chi connectivity index (χ1) is 7.50. The zero-order valence-electron chi connectivity index (χ0n) is 8.72. The number of hydrogen-bond acceptors (Lipinski definition) is 4. The van der Waals surface area contributed by atoms with Gasteiger partial charge in [0.2, 0.25) is 11.8 Å². The maximum atomic E-state index is 11.9. The summed E-state index contributed by atoms with van der Waals surface area (Å²) in [6.07, 6.45) is 0.735. The van der Waals surface area contributed by atoms with Crippen molar-refractivity contribution in [2.45, 2.75) is 6.42 Å². The number of rotatable bonds is 5. The summed E-state index contributed by atoms with van der Waals surface area (Å²) in [5.41, 5.74) is 4.97. The fourth-order valence-electron chi connectivity index (χ4n) is 1.55. The van der Waals surface area contributed by atoms with E-state index in [1.807, 2.05) is 0 Å². The molecule has 16 heavy (non-hydrogen) atoms. The highest BCUT2D eigenvalue weighted by molar-refractivity contribution is 7.99. The molecule has 1 saturated heterocycles. The summed E-state index contributed by atoms with van der Waals surface area (Å²) >= 11 is 1.65. The summed E-state index contributed by atoms with van der Waals surface area (Å²) in [4.78, 5) is 34.2. The minimum Gasteiger partial charge on any atom is -0.480 e. The van der Waals surface area contributed by atoms with E-state index in [1.54, 1.807) is 11.8 Å². The Morgan fingerprint density at radius 1 is 1.38 bits per heavy atom. The van der Waals surface area contributed by atoms with Gasteiger partial charge >= 0.3 is 5.97 Å². The lowest BCUT2D eigenvalue weighted by Crippen LogP contribution is -2.44. The van der Waals surface area contributed by atoms with Gasteiger partial charge in [-0.15, -0.1) is 0 Å². The van der Waals surface area contributed by atoms with Gasteiger partial charge in [0.05, 0.1) is 6.54 Å². The minimum absolute atomic E-state index is 0.177. The number of hydrogen-bond donors (Lipinski definition) is 2. The smallest absolute Gasteiger partial charge is 0.323 e. The van der Waals surface area contributed by atoms with Gasteiger partial charge < -0.3 is 15.7 Å². The molecule has 0 aliphatic carbocycles. The number of amides is 2. The lowest BCUT2D eigenvalue weighted by atomic mass is 10.1. The van der Waals surface area contributed by atoms with Crippen molar-refractivity contribution in [3.8, 4) is 0 Å². The maximum absolute atomic E-state index is 11.9. The Hall–Kier alpha value is -1.24. The molecule has 0 aromatic carbocycles. The molecule has 6 nitrogen and oxygen atoms in total. The highest BCUT2D eigenvalue weighted by Gasteiger charge is 2.29. The number of aliphatic carboxylic acids is 1. The Labute approximate surface area is 97.2 Å². The molecule has 1 fully saturated rings. The first-order valence-electron chi connectivity index (χ1n) is 4.87. The van der Waals surface area contributed by atoms with Crippen molar-refractivity contribution >= 4 is 29.5 Å². The molecule has 1 atom stereocenters. The van der Waals surface area contributed by atoms with Crippen molar-refractivity contribution in [3.63, 3.8) is 0 Å². The van der Waals surface area contributed by atoms with Gasteiger partial charge in [0.1, 0.15) is 6.54 Å². The van der Waals surface area contributed by atoms with Crippen LogP contribution >= 0.6 is 11.8 Å². The molecule has 0 saturated carbocycles. The molecule has 0 radical (unpaired) electrons. The van der Waals surface area contributed by atoms with Crippen LogP contribution in [0.15, 0.2) is 0 Å². The second kappa shape index (κ2) is 5.74. The average Bonchev–Trinajstić information content (AvgIpc) is 2.66. The number of carboxylic acid groups (broad SMARTS) is 1. The topological polar surface area (TPSA) is 101 Å². The summed E-state index contributed by atoms with van der Waals surface area (Å²) in [5.74, 6) is -0.711. The number of nitrogens with two attached hydrogens (primary N) is 1. The molecular weight excluding hydrogens is 232 g/mol. The second-order valence-corrected chi connectivity index (χ2v) is 4.76. The lowest BCUT2D eigenvalue weighted by molar-refractivity contribution is -0.147. The quantitative estimate of drug-likeness (QED) is 0.657. The zero-order chi connectivity index (χ0) is 12.1. The number of primary amides is 1. The standard InChI is InChI=1S/C9H14N2O4S/c10-7(12)3-11(4-8(13)14)9(15)6-1-2-16-5-6/h6H,1-5H2,(H2,10,12)(H,13,14). The normalized spacial score (nSPS) is 19.4. The highest BCUT2D eigenvalue weighted by Crippen LogP contribution is 2.25. The van der Waals surface area contributed by atoms with Crippen LogP contribution in [0.25, 0.3) is 0 Å². The number of nitrogens with zero attached hydrogens (tertiary/aromatic N) is 1. The fraction of sp³-hybridized carbons (Fsp3) is 0.667. The second-order valence-electron chi connectivity index (χ2n) is 3.61. The molecule has 0 bridgehead atoms. The van der Waals surface area contributed by atoms with Crippen molar-refractivity contribution in [3.05, 3.63) is 0 Å². The van der Waals surface area contributed by atoms with E-state index in [0.717, 1.165) is 17.1 Å². The van der Waals surface area contributed by atoms with E-state index in [-0.39, 0.29) is 18.4 Å². The predicted octanol–water partition coefficient (Wildman–Crippen LogP) is -0.862.